The highest BCUT2D eigenvalue weighted by molar-refractivity contribution is 6.31. The normalized spacial score (nSPS) is 16.5. The fourth-order valence-corrected chi connectivity index (χ4v) is 3.99. The summed E-state index contributed by atoms with van der Waals surface area (Å²) in [5, 5.41) is 17.2. The van der Waals surface area contributed by atoms with E-state index in [9.17, 15) is 24.4 Å². The van der Waals surface area contributed by atoms with Gasteiger partial charge in [0, 0.05) is 21.4 Å². The number of esters is 1. The molecule has 0 unspecified atom stereocenters. The fourth-order valence-electron chi connectivity index (χ4n) is 3.74. The molecule has 36 heavy (non-hydrogen) atoms. The van der Waals surface area contributed by atoms with Crippen LogP contribution in [0.2, 0.25) is 10.0 Å². The lowest BCUT2D eigenvalue weighted by molar-refractivity contribution is -0.141. The summed E-state index contributed by atoms with van der Waals surface area (Å²) in [5.41, 5.74) is -0.577. The van der Waals surface area contributed by atoms with Crippen molar-refractivity contribution in [2.75, 3.05) is 30.4 Å². The standard InChI is InChI=1S/C23H25Cl2N5O6/c1-23(2)20(30(35)21(33)27-16-8-4-14(24)5-9-16)29(17-10-6-15(25)7-11-17)22(34)28(23)13-18(31)26-12-19(32)36-3/h4-11,20,35H,12-13H2,1-3H3,(H,26,31)(H,27,33)/t20-/m0/s1. The van der Waals surface area contributed by atoms with E-state index in [1.165, 1.54) is 16.9 Å². The number of hydroxylamine groups is 2. The molecule has 0 bridgehead atoms. The van der Waals surface area contributed by atoms with E-state index in [-0.39, 0.29) is 6.54 Å². The van der Waals surface area contributed by atoms with Gasteiger partial charge in [-0.25, -0.2) is 9.59 Å². The van der Waals surface area contributed by atoms with Crippen LogP contribution in [-0.2, 0) is 14.3 Å². The lowest BCUT2D eigenvalue weighted by Crippen LogP contribution is -2.58. The molecule has 5 amide bonds. The average molecular weight is 538 g/mol. The van der Waals surface area contributed by atoms with E-state index in [1.807, 2.05) is 0 Å². The first-order valence-corrected chi connectivity index (χ1v) is 11.5. The Morgan fingerprint density at radius 2 is 1.61 bits per heavy atom. The van der Waals surface area contributed by atoms with E-state index in [0.29, 0.717) is 26.5 Å². The third-order valence-corrected chi connectivity index (χ3v) is 6.11. The Morgan fingerprint density at radius 3 is 2.17 bits per heavy atom. The lowest BCUT2D eigenvalue weighted by atomic mass is 9.99. The lowest BCUT2D eigenvalue weighted by Gasteiger charge is -2.38. The minimum absolute atomic E-state index is 0.332. The number of benzene rings is 2. The summed E-state index contributed by atoms with van der Waals surface area (Å²) >= 11 is 11.9. The maximum atomic E-state index is 13.5. The van der Waals surface area contributed by atoms with E-state index in [2.05, 4.69) is 15.4 Å². The molecule has 2 aromatic carbocycles. The molecule has 1 saturated heterocycles. The number of hydrogen-bond donors (Lipinski definition) is 3. The van der Waals surface area contributed by atoms with Crippen molar-refractivity contribution < 1.29 is 29.1 Å². The number of urea groups is 2. The topological polar surface area (TPSA) is 132 Å². The van der Waals surface area contributed by atoms with Crippen molar-refractivity contribution in [2.45, 2.75) is 25.6 Å². The molecule has 1 aliphatic heterocycles. The Bertz CT molecular complexity index is 1140. The summed E-state index contributed by atoms with van der Waals surface area (Å²) in [6.07, 6.45) is -1.26. The van der Waals surface area contributed by atoms with Gasteiger partial charge in [-0.15, -0.1) is 0 Å². The predicted molar refractivity (Wildman–Crippen MR) is 133 cm³/mol. The van der Waals surface area contributed by atoms with Crippen LogP contribution in [0.1, 0.15) is 13.8 Å². The number of carbonyl (C=O) groups is 4. The van der Waals surface area contributed by atoms with Gasteiger partial charge in [0.05, 0.1) is 12.6 Å². The maximum absolute atomic E-state index is 13.5. The monoisotopic (exact) mass is 537 g/mol. The highest BCUT2D eigenvalue weighted by Gasteiger charge is 2.56. The largest absolute Gasteiger partial charge is 0.468 e. The Kier molecular flexibility index (Phi) is 8.28. The van der Waals surface area contributed by atoms with Crippen molar-refractivity contribution in [2.24, 2.45) is 0 Å². The number of methoxy groups -OCH3 is 1. The van der Waals surface area contributed by atoms with E-state index in [4.69, 9.17) is 23.2 Å². The fraction of sp³-hybridized carbons (Fsp3) is 0.304. The zero-order valence-corrected chi connectivity index (χ0v) is 21.2. The van der Waals surface area contributed by atoms with Crippen molar-refractivity contribution in [1.29, 1.82) is 0 Å². The molecule has 0 radical (unpaired) electrons. The highest BCUT2D eigenvalue weighted by Crippen LogP contribution is 2.38. The van der Waals surface area contributed by atoms with Gasteiger partial charge in [0.2, 0.25) is 5.91 Å². The Hall–Kier alpha value is -3.54. The zero-order valence-electron chi connectivity index (χ0n) is 19.7. The molecule has 3 N–H and O–H groups in total. The molecule has 1 fully saturated rings. The first kappa shape index (κ1) is 27.1. The minimum Gasteiger partial charge on any atom is -0.468 e. The van der Waals surface area contributed by atoms with Crippen molar-refractivity contribution in [3.05, 3.63) is 58.6 Å². The molecule has 0 spiro atoms. The molecule has 2 aromatic rings. The molecule has 13 heteroatoms. The molecule has 0 aromatic heterocycles. The van der Waals surface area contributed by atoms with Gasteiger partial charge in [-0.2, -0.15) is 5.06 Å². The third kappa shape index (κ3) is 5.81. The number of hydrogen-bond acceptors (Lipinski definition) is 6. The predicted octanol–water partition coefficient (Wildman–Crippen LogP) is 3.55. The van der Waals surface area contributed by atoms with Crippen molar-refractivity contribution >= 4 is 58.5 Å². The second kappa shape index (κ2) is 11.0. The first-order valence-electron chi connectivity index (χ1n) is 10.7. The Morgan fingerprint density at radius 1 is 1.06 bits per heavy atom. The average Bonchev–Trinajstić information content (AvgIpc) is 3.04. The molecule has 0 aliphatic carbocycles. The summed E-state index contributed by atoms with van der Waals surface area (Å²) in [4.78, 5) is 52.8. The van der Waals surface area contributed by atoms with Gasteiger partial charge in [0.15, 0.2) is 6.17 Å². The van der Waals surface area contributed by atoms with Gasteiger partial charge >= 0.3 is 18.0 Å². The highest BCUT2D eigenvalue weighted by atomic mass is 35.5. The molecule has 3 rings (SSSR count). The van der Waals surface area contributed by atoms with Gasteiger partial charge in [-0.1, -0.05) is 23.2 Å². The number of ether oxygens (including phenoxy) is 1. The number of carbonyl (C=O) groups excluding carboxylic acids is 4. The van der Waals surface area contributed by atoms with Crippen molar-refractivity contribution in [1.82, 2.24) is 15.3 Å². The van der Waals surface area contributed by atoms with Crippen LogP contribution in [0.3, 0.4) is 0 Å². The molecule has 0 saturated carbocycles. The smallest absolute Gasteiger partial charge is 0.347 e. The molecular weight excluding hydrogens is 513 g/mol. The SMILES string of the molecule is COC(=O)CNC(=O)CN1C(=O)N(c2ccc(Cl)cc2)[C@@H](N(O)C(=O)Nc2ccc(Cl)cc2)C1(C)C. The summed E-state index contributed by atoms with van der Waals surface area (Å²) in [6.45, 7) is 2.36. The first-order chi connectivity index (χ1) is 16.9. The van der Waals surface area contributed by atoms with Crippen LogP contribution < -0.4 is 15.5 Å². The van der Waals surface area contributed by atoms with Crippen LogP contribution in [0.25, 0.3) is 0 Å². The molecular formula is C23H25Cl2N5O6. The molecule has 1 atom stereocenters. The number of amides is 5. The van der Waals surface area contributed by atoms with Gasteiger partial charge in [0.1, 0.15) is 13.1 Å². The van der Waals surface area contributed by atoms with E-state index in [0.717, 1.165) is 0 Å². The van der Waals surface area contributed by atoms with Crippen molar-refractivity contribution in [3.8, 4) is 0 Å². The summed E-state index contributed by atoms with van der Waals surface area (Å²) in [5.74, 6) is -1.29. The van der Waals surface area contributed by atoms with Crippen LogP contribution in [0.4, 0.5) is 21.0 Å². The second-order valence-corrected chi connectivity index (χ2v) is 9.25. The van der Waals surface area contributed by atoms with Crippen LogP contribution >= 0.6 is 23.2 Å². The van der Waals surface area contributed by atoms with Crippen LogP contribution in [0.15, 0.2) is 48.5 Å². The summed E-state index contributed by atoms with van der Waals surface area (Å²) < 4.78 is 4.50. The third-order valence-electron chi connectivity index (χ3n) is 5.61. The Labute approximate surface area is 217 Å². The van der Waals surface area contributed by atoms with Gasteiger partial charge < -0.3 is 20.3 Å². The number of nitrogens with zero attached hydrogens (tertiary/aromatic N) is 3. The number of rotatable bonds is 7. The van der Waals surface area contributed by atoms with E-state index < -0.39 is 42.2 Å². The van der Waals surface area contributed by atoms with E-state index in [1.54, 1.807) is 62.4 Å². The number of anilines is 2. The summed E-state index contributed by atoms with van der Waals surface area (Å²) in [7, 11) is 1.18. The molecule has 11 nitrogen and oxygen atoms in total. The van der Waals surface area contributed by atoms with Crippen LogP contribution in [0, 0.1) is 0 Å². The van der Waals surface area contributed by atoms with Gasteiger partial charge in [0.25, 0.3) is 0 Å². The van der Waals surface area contributed by atoms with Crippen LogP contribution in [0.5, 0.6) is 0 Å². The molecule has 1 heterocycles. The Balaban J connectivity index is 1.91. The van der Waals surface area contributed by atoms with Crippen LogP contribution in [-0.4, -0.2) is 71.0 Å². The quantitative estimate of drug-likeness (QED) is 0.281. The molecule has 1 aliphatic rings. The second-order valence-electron chi connectivity index (χ2n) is 8.38. The maximum Gasteiger partial charge on any atom is 0.347 e. The van der Waals surface area contributed by atoms with Gasteiger partial charge in [-0.05, 0) is 62.4 Å². The van der Waals surface area contributed by atoms with E-state index >= 15 is 0 Å². The zero-order chi connectivity index (χ0) is 26.6. The molecule has 192 valence electrons. The number of halogens is 2. The minimum atomic E-state index is -1.27. The summed E-state index contributed by atoms with van der Waals surface area (Å²) in [6, 6.07) is 10.9. The van der Waals surface area contributed by atoms with Crippen molar-refractivity contribution in [3.63, 3.8) is 0 Å². The van der Waals surface area contributed by atoms with Gasteiger partial charge in [-0.3, -0.25) is 19.7 Å². The number of nitrogens with one attached hydrogen (secondary N) is 2.